The molecular weight excluding hydrogens is 220 g/mol. The lowest BCUT2D eigenvalue weighted by Crippen LogP contribution is -2.08. The van der Waals surface area contributed by atoms with Gasteiger partial charge in [-0.25, -0.2) is 4.99 Å². The Morgan fingerprint density at radius 2 is 1.93 bits per heavy atom. The quantitative estimate of drug-likeness (QED) is 0.260. The highest BCUT2D eigenvalue weighted by molar-refractivity contribution is 8.03. The predicted octanol–water partition coefficient (Wildman–Crippen LogP) is 1.34. The van der Waals surface area contributed by atoms with E-state index in [2.05, 4.69) is 22.4 Å². The summed E-state index contributed by atoms with van der Waals surface area (Å²) in [7, 11) is 0. The summed E-state index contributed by atoms with van der Waals surface area (Å²) in [5.41, 5.74) is 0. The predicted molar refractivity (Wildman–Crippen MR) is 59.6 cm³/mol. The Hall–Kier alpha value is -0.440. The molecule has 0 unspecified atom stereocenters. The first kappa shape index (κ1) is 13.6. The highest BCUT2D eigenvalue weighted by atomic mass is 32.2. The first-order chi connectivity index (χ1) is 6.91. The third kappa shape index (κ3) is 11.6. The largest absolute Gasteiger partial charge is 0.378 e. The van der Waals surface area contributed by atoms with Crippen LogP contribution in [0.4, 0.5) is 0 Å². The van der Waals surface area contributed by atoms with E-state index in [1.807, 2.05) is 5.40 Å². The number of thiocarbonyl (C=S) groups is 1. The average Bonchev–Trinajstić information content (AvgIpc) is 2.21. The van der Waals surface area contributed by atoms with Gasteiger partial charge in [-0.2, -0.15) is 5.26 Å². The van der Waals surface area contributed by atoms with Crippen molar-refractivity contribution in [3.05, 3.63) is 0 Å². The molecule has 0 rings (SSSR count). The van der Waals surface area contributed by atoms with Crippen molar-refractivity contribution in [2.75, 3.05) is 38.7 Å². The molecule has 0 radical (unpaired) electrons. The van der Waals surface area contributed by atoms with Crippen LogP contribution in [-0.2, 0) is 9.47 Å². The normalized spacial score (nSPS) is 9.07. The van der Waals surface area contributed by atoms with Crippen LogP contribution in [0, 0.1) is 10.7 Å². The smallest absolute Gasteiger partial charge is 0.133 e. The van der Waals surface area contributed by atoms with Gasteiger partial charge in [0.1, 0.15) is 5.40 Å². The van der Waals surface area contributed by atoms with Crippen molar-refractivity contribution in [2.24, 2.45) is 4.99 Å². The number of isothiocyanates is 1. The maximum Gasteiger partial charge on any atom is 0.133 e. The number of rotatable bonds is 9. The molecule has 0 N–H and O–H groups in total. The van der Waals surface area contributed by atoms with Crippen molar-refractivity contribution in [1.29, 1.82) is 5.26 Å². The van der Waals surface area contributed by atoms with Crippen LogP contribution in [0.5, 0.6) is 0 Å². The van der Waals surface area contributed by atoms with Gasteiger partial charge in [-0.1, -0.05) is 0 Å². The lowest BCUT2D eigenvalue weighted by molar-refractivity contribution is 0.0573. The fourth-order valence-electron chi connectivity index (χ4n) is 0.624. The van der Waals surface area contributed by atoms with Crippen molar-refractivity contribution in [2.45, 2.75) is 0 Å². The number of nitriles is 1. The topological polar surface area (TPSA) is 54.6 Å². The van der Waals surface area contributed by atoms with Crippen LogP contribution in [0.1, 0.15) is 0 Å². The van der Waals surface area contributed by atoms with Gasteiger partial charge in [0, 0.05) is 5.75 Å². The van der Waals surface area contributed by atoms with Gasteiger partial charge in [0.25, 0.3) is 0 Å². The van der Waals surface area contributed by atoms with Crippen LogP contribution in [0.3, 0.4) is 0 Å². The summed E-state index contributed by atoms with van der Waals surface area (Å²) < 4.78 is 10.3. The number of hydrogen-bond donors (Lipinski definition) is 0. The molecule has 78 valence electrons. The number of nitrogens with zero attached hydrogens (tertiary/aromatic N) is 2. The lowest BCUT2D eigenvalue weighted by atomic mass is 10.7. The van der Waals surface area contributed by atoms with Gasteiger partial charge in [-0.3, -0.25) is 0 Å². The summed E-state index contributed by atoms with van der Waals surface area (Å²) in [5.74, 6) is 0.700. The van der Waals surface area contributed by atoms with Gasteiger partial charge < -0.3 is 9.47 Å². The molecular formula is C8H12N2O2S2. The minimum atomic E-state index is 0.542. The Kier molecular flexibility index (Phi) is 12.2. The molecule has 0 heterocycles. The standard InChI is InChI=1S/C8H12N2O2S2/c9-7-14-6-5-12-4-3-11-2-1-10-8-13/h1-6H2. The molecule has 0 fully saturated rings. The summed E-state index contributed by atoms with van der Waals surface area (Å²) in [6.07, 6.45) is 0. The van der Waals surface area contributed by atoms with E-state index in [0.717, 1.165) is 0 Å². The Morgan fingerprint density at radius 3 is 2.57 bits per heavy atom. The second kappa shape index (κ2) is 12.6. The van der Waals surface area contributed by atoms with E-state index in [-0.39, 0.29) is 0 Å². The summed E-state index contributed by atoms with van der Waals surface area (Å²) >= 11 is 5.57. The second-order valence-corrected chi connectivity index (χ2v) is 3.20. The SMILES string of the molecule is N#CSCCOCCOCCN=C=S. The molecule has 0 aliphatic rings. The third-order valence-electron chi connectivity index (χ3n) is 1.18. The van der Waals surface area contributed by atoms with Gasteiger partial charge in [0.05, 0.1) is 38.1 Å². The molecule has 0 amide bonds. The Labute approximate surface area is 93.3 Å². The number of thiocyanates is 1. The summed E-state index contributed by atoms with van der Waals surface area (Å²) in [6, 6.07) is 0. The molecule has 6 heteroatoms. The molecule has 0 aromatic rings. The molecule has 0 spiro atoms. The van der Waals surface area contributed by atoms with Gasteiger partial charge >= 0.3 is 0 Å². The maximum atomic E-state index is 8.20. The molecule has 0 atom stereocenters. The molecule has 0 saturated carbocycles. The fourth-order valence-corrected chi connectivity index (χ4v) is 1.01. The van der Waals surface area contributed by atoms with Crippen molar-refractivity contribution in [3.8, 4) is 5.40 Å². The molecule has 0 bridgehead atoms. The van der Waals surface area contributed by atoms with Crippen molar-refractivity contribution in [1.82, 2.24) is 0 Å². The highest BCUT2D eigenvalue weighted by Gasteiger charge is 1.89. The minimum absolute atomic E-state index is 0.542. The van der Waals surface area contributed by atoms with Gasteiger partial charge in [0.2, 0.25) is 0 Å². The van der Waals surface area contributed by atoms with E-state index in [9.17, 15) is 0 Å². The van der Waals surface area contributed by atoms with E-state index in [4.69, 9.17) is 14.7 Å². The van der Waals surface area contributed by atoms with Crippen molar-refractivity contribution < 1.29 is 9.47 Å². The molecule has 14 heavy (non-hydrogen) atoms. The molecule has 0 saturated heterocycles. The van der Waals surface area contributed by atoms with Gasteiger partial charge in [-0.05, 0) is 24.0 Å². The molecule has 0 aromatic carbocycles. The van der Waals surface area contributed by atoms with Crippen molar-refractivity contribution in [3.63, 3.8) is 0 Å². The minimum Gasteiger partial charge on any atom is -0.378 e. The monoisotopic (exact) mass is 232 g/mol. The number of thioether (sulfide) groups is 1. The molecule has 0 aliphatic heterocycles. The number of aliphatic imine (C=N–C) groups is 1. The maximum absolute atomic E-state index is 8.20. The lowest BCUT2D eigenvalue weighted by Gasteiger charge is -2.02. The van der Waals surface area contributed by atoms with E-state index in [1.165, 1.54) is 11.8 Å². The van der Waals surface area contributed by atoms with Crippen LogP contribution in [-0.4, -0.2) is 43.9 Å². The zero-order valence-electron chi connectivity index (χ0n) is 7.77. The highest BCUT2D eigenvalue weighted by Crippen LogP contribution is 1.94. The van der Waals surface area contributed by atoms with Gasteiger partial charge in [-0.15, -0.1) is 0 Å². The van der Waals surface area contributed by atoms with Crippen LogP contribution in [0.2, 0.25) is 0 Å². The fraction of sp³-hybridized carbons (Fsp3) is 0.750. The van der Waals surface area contributed by atoms with Crippen molar-refractivity contribution >= 4 is 29.1 Å². The third-order valence-corrected chi connectivity index (χ3v) is 1.81. The zero-order chi connectivity index (χ0) is 10.5. The van der Waals surface area contributed by atoms with E-state index in [1.54, 1.807) is 0 Å². The van der Waals surface area contributed by atoms with Crippen LogP contribution >= 0.6 is 24.0 Å². The Morgan fingerprint density at radius 1 is 1.21 bits per heavy atom. The second-order valence-electron chi connectivity index (χ2n) is 2.14. The van der Waals surface area contributed by atoms with Crippen LogP contribution < -0.4 is 0 Å². The average molecular weight is 232 g/mol. The molecule has 4 nitrogen and oxygen atoms in total. The summed E-state index contributed by atoms with van der Waals surface area (Å²) in [5, 5.41) is 12.4. The van der Waals surface area contributed by atoms with E-state index >= 15 is 0 Å². The van der Waals surface area contributed by atoms with E-state index < -0.39 is 0 Å². The summed E-state index contributed by atoms with van der Waals surface area (Å²) in [6.45, 7) is 2.77. The molecule has 0 aromatic heterocycles. The first-order valence-corrected chi connectivity index (χ1v) is 5.51. The number of ether oxygens (including phenoxy) is 2. The van der Waals surface area contributed by atoms with Crippen LogP contribution in [0.25, 0.3) is 0 Å². The van der Waals surface area contributed by atoms with Crippen LogP contribution in [0.15, 0.2) is 4.99 Å². The Balaban J connectivity index is 2.92. The van der Waals surface area contributed by atoms with E-state index in [0.29, 0.717) is 38.7 Å². The zero-order valence-corrected chi connectivity index (χ0v) is 9.40. The first-order valence-electron chi connectivity index (χ1n) is 4.12. The van der Waals surface area contributed by atoms with Gasteiger partial charge in [0.15, 0.2) is 0 Å². The summed E-state index contributed by atoms with van der Waals surface area (Å²) in [4.78, 5) is 3.69. The Bertz CT molecular complexity index is 212. The number of hydrogen-bond acceptors (Lipinski definition) is 6. The molecule has 0 aliphatic carbocycles.